The predicted octanol–water partition coefficient (Wildman–Crippen LogP) is 7.14. The Kier molecular flexibility index (Phi) is 6.09. The molecule has 0 amide bonds. The molecule has 3 aromatic carbocycles. The Morgan fingerprint density at radius 1 is 0.636 bits per heavy atom. The van der Waals surface area contributed by atoms with Gasteiger partial charge in [-0.05, 0) is 29.3 Å². The van der Waals surface area contributed by atoms with E-state index in [0.717, 1.165) is 44.4 Å². The second kappa shape index (κ2) is 9.63. The van der Waals surface area contributed by atoms with Gasteiger partial charge in [0.2, 0.25) is 0 Å². The van der Waals surface area contributed by atoms with Crippen LogP contribution in [0.15, 0.2) is 109 Å². The minimum atomic E-state index is 0.629. The second-order valence-electron chi connectivity index (χ2n) is 7.64. The van der Waals surface area contributed by atoms with Crippen LogP contribution in [0.2, 0.25) is 5.02 Å². The molecule has 0 spiro atoms. The van der Waals surface area contributed by atoms with Gasteiger partial charge in [0, 0.05) is 46.7 Å². The zero-order chi connectivity index (χ0) is 22.5. The predicted molar refractivity (Wildman–Crippen MR) is 135 cm³/mol. The number of rotatable bonds is 6. The van der Waals surface area contributed by atoms with E-state index < -0.39 is 0 Å². The molecule has 5 heteroatoms. The molecule has 0 atom stereocenters. The van der Waals surface area contributed by atoms with Gasteiger partial charge in [-0.15, -0.1) is 0 Å². The largest absolute Gasteiger partial charge is 0.366 e. The van der Waals surface area contributed by atoms with E-state index in [9.17, 15) is 0 Å². The van der Waals surface area contributed by atoms with Gasteiger partial charge in [-0.3, -0.25) is 4.98 Å². The van der Waals surface area contributed by atoms with Crippen LogP contribution < -0.4 is 5.32 Å². The molecule has 160 valence electrons. The average molecular weight is 449 g/mol. The summed E-state index contributed by atoms with van der Waals surface area (Å²) in [6.45, 7) is 0.629. The van der Waals surface area contributed by atoms with Gasteiger partial charge in [-0.25, -0.2) is 9.97 Å². The third-order valence-corrected chi connectivity index (χ3v) is 5.54. The maximum absolute atomic E-state index is 6.02. The Balaban J connectivity index is 1.52. The van der Waals surface area contributed by atoms with Crippen LogP contribution in [0.25, 0.3) is 33.8 Å². The molecule has 0 fully saturated rings. The number of nitrogens with zero attached hydrogens (tertiary/aromatic N) is 3. The maximum Gasteiger partial charge on any atom is 0.162 e. The Hall–Kier alpha value is -4.02. The first-order valence-electron chi connectivity index (χ1n) is 10.7. The summed E-state index contributed by atoms with van der Waals surface area (Å²) in [5, 5.41) is 4.15. The lowest BCUT2D eigenvalue weighted by molar-refractivity contribution is 1.09. The highest BCUT2D eigenvalue weighted by Crippen LogP contribution is 2.27. The molecule has 0 saturated heterocycles. The van der Waals surface area contributed by atoms with E-state index in [1.165, 1.54) is 0 Å². The number of aromatic nitrogens is 3. The van der Waals surface area contributed by atoms with Crippen LogP contribution in [0.5, 0.6) is 0 Å². The first-order valence-corrected chi connectivity index (χ1v) is 11.1. The van der Waals surface area contributed by atoms with Crippen LogP contribution in [0, 0.1) is 0 Å². The number of benzene rings is 3. The summed E-state index contributed by atoms with van der Waals surface area (Å²) >= 11 is 6.02. The fraction of sp³-hybridized carbons (Fsp3) is 0.0357. The highest BCUT2D eigenvalue weighted by atomic mass is 35.5. The third-order valence-electron chi connectivity index (χ3n) is 5.29. The fourth-order valence-corrected chi connectivity index (χ4v) is 3.69. The number of halogens is 1. The Labute approximate surface area is 198 Å². The van der Waals surface area contributed by atoms with Gasteiger partial charge < -0.3 is 5.32 Å². The monoisotopic (exact) mass is 448 g/mol. The van der Waals surface area contributed by atoms with Gasteiger partial charge in [-0.1, -0.05) is 84.4 Å². The Bertz CT molecular complexity index is 1350. The molecular formula is C28H21ClN4. The molecule has 0 aliphatic carbocycles. The van der Waals surface area contributed by atoms with E-state index in [2.05, 4.69) is 28.5 Å². The van der Waals surface area contributed by atoms with Crippen molar-refractivity contribution in [2.24, 2.45) is 0 Å². The first kappa shape index (κ1) is 20.9. The number of hydrogen-bond donors (Lipinski definition) is 1. The quantitative estimate of drug-likeness (QED) is 0.300. The lowest BCUT2D eigenvalue weighted by Gasteiger charge is -2.11. The van der Waals surface area contributed by atoms with Crippen LogP contribution in [0.3, 0.4) is 0 Å². The van der Waals surface area contributed by atoms with Crippen molar-refractivity contribution < 1.29 is 0 Å². The van der Waals surface area contributed by atoms with Crippen molar-refractivity contribution in [3.63, 3.8) is 0 Å². The zero-order valence-corrected chi connectivity index (χ0v) is 18.6. The third kappa shape index (κ3) is 5.08. The highest BCUT2D eigenvalue weighted by molar-refractivity contribution is 6.30. The number of pyridine rings is 1. The molecular weight excluding hydrogens is 428 g/mol. The Morgan fingerprint density at radius 2 is 1.30 bits per heavy atom. The van der Waals surface area contributed by atoms with Crippen LogP contribution >= 0.6 is 11.6 Å². The molecule has 0 unspecified atom stereocenters. The maximum atomic E-state index is 6.02. The second-order valence-corrected chi connectivity index (χ2v) is 8.07. The topological polar surface area (TPSA) is 50.7 Å². The number of nitrogens with one attached hydrogen (secondary N) is 1. The van der Waals surface area contributed by atoms with Gasteiger partial charge in [0.05, 0.1) is 5.69 Å². The van der Waals surface area contributed by atoms with Crippen LogP contribution in [0.4, 0.5) is 5.82 Å². The molecule has 0 radical (unpaired) electrons. The van der Waals surface area contributed by atoms with Crippen molar-refractivity contribution in [1.82, 2.24) is 15.0 Å². The molecule has 0 bridgehead atoms. The molecule has 4 nitrogen and oxygen atoms in total. The summed E-state index contributed by atoms with van der Waals surface area (Å²) in [4.78, 5) is 14.1. The molecule has 2 heterocycles. The van der Waals surface area contributed by atoms with E-state index in [0.29, 0.717) is 12.4 Å². The van der Waals surface area contributed by atoms with E-state index in [-0.39, 0.29) is 0 Å². The summed E-state index contributed by atoms with van der Waals surface area (Å²) in [5.41, 5.74) is 5.99. The van der Waals surface area contributed by atoms with Crippen molar-refractivity contribution in [1.29, 1.82) is 0 Å². The van der Waals surface area contributed by atoms with Gasteiger partial charge in [0.25, 0.3) is 0 Å². The molecule has 1 N–H and O–H groups in total. The highest BCUT2D eigenvalue weighted by Gasteiger charge is 2.10. The van der Waals surface area contributed by atoms with Gasteiger partial charge in [0.15, 0.2) is 5.82 Å². The number of hydrogen-bond acceptors (Lipinski definition) is 4. The lowest BCUT2D eigenvalue weighted by Crippen LogP contribution is -2.04. The van der Waals surface area contributed by atoms with Crippen molar-refractivity contribution >= 4 is 17.4 Å². The SMILES string of the molecule is Clc1ccc(CNc2cc(-c3cncc(-c4ccccc4)c3)nc(-c3ccccc3)n2)cc1. The molecule has 33 heavy (non-hydrogen) atoms. The van der Waals surface area contributed by atoms with Gasteiger partial charge in [0.1, 0.15) is 5.82 Å². The smallest absolute Gasteiger partial charge is 0.162 e. The summed E-state index contributed by atoms with van der Waals surface area (Å²) < 4.78 is 0. The van der Waals surface area contributed by atoms with Crippen molar-refractivity contribution in [2.45, 2.75) is 6.54 Å². The molecule has 0 aliphatic heterocycles. The normalized spacial score (nSPS) is 10.7. The summed E-state index contributed by atoms with van der Waals surface area (Å²) in [6, 6.07) is 32.1. The standard InChI is InChI=1S/C28H21ClN4/c29-25-13-11-20(12-14-25)17-31-27-16-26(32-28(33-27)22-9-5-2-6-10-22)24-15-23(18-30-19-24)21-7-3-1-4-8-21/h1-16,18-19H,17H2,(H,31,32,33). The van der Waals surface area contributed by atoms with Crippen LogP contribution in [0.1, 0.15) is 5.56 Å². The average Bonchev–Trinajstić information content (AvgIpc) is 2.89. The van der Waals surface area contributed by atoms with Crippen LogP contribution in [-0.2, 0) is 6.54 Å². The van der Waals surface area contributed by atoms with E-state index in [1.54, 1.807) is 0 Å². The van der Waals surface area contributed by atoms with Crippen molar-refractivity contribution in [3.05, 3.63) is 120 Å². The van der Waals surface area contributed by atoms with E-state index in [1.807, 2.05) is 91.3 Å². The molecule has 0 aliphatic rings. The fourth-order valence-electron chi connectivity index (χ4n) is 3.57. The van der Waals surface area contributed by atoms with E-state index in [4.69, 9.17) is 21.6 Å². The zero-order valence-electron chi connectivity index (χ0n) is 17.8. The van der Waals surface area contributed by atoms with Crippen molar-refractivity contribution in [3.8, 4) is 33.8 Å². The first-order chi connectivity index (χ1) is 16.2. The van der Waals surface area contributed by atoms with Crippen LogP contribution in [-0.4, -0.2) is 15.0 Å². The summed E-state index contributed by atoms with van der Waals surface area (Å²) in [6.07, 6.45) is 3.71. The summed E-state index contributed by atoms with van der Waals surface area (Å²) in [5.74, 6) is 1.41. The molecule has 5 rings (SSSR count). The van der Waals surface area contributed by atoms with Gasteiger partial charge in [-0.2, -0.15) is 0 Å². The molecule has 5 aromatic rings. The van der Waals surface area contributed by atoms with Crippen molar-refractivity contribution in [2.75, 3.05) is 5.32 Å². The van der Waals surface area contributed by atoms with E-state index >= 15 is 0 Å². The summed E-state index contributed by atoms with van der Waals surface area (Å²) in [7, 11) is 0. The lowest BCUT2D eigenvalue weighted by atomic mass is 10.0. The molecule has 2 aromatic heterocycles. The molecule has 0 saturated carbocycles. The van der Waals surface area contributed by atoms with Gasteiger partial charge >= 0.3 is 0 Å². The minimum Gasteiger partial charge on any atom is -0.366 e. The number of anilines is 1. The Morgan fingerprint density at radius 3 is 2.03 bits per heavy atom. The minimum absolute atomic E-state index is 0.629.